The maximum Gasteiger partial charge on any atom is 0.256 e. The van der Waals surface area contributed by atoms with Crippen molar-refractivity contribution in [3.63, 3.8) is 0 Å². The van der Waals surface area contributed by atoms with Gasteiger partial charge in [0.25, 0.3) is 5.91 Å². The average molecular weight is 255 g/mol. The van der Waals surface area contributed by atoms with Crippen molar-refractivity contribution in [1.82, 2.24) is 9.78 Å². The van der Waals surface area contributed by atoms with E-state index in [0.29, 0.717) is 16.9 Å². The number of hydrogen-bond acceptors (Lipinski definition) is 3. The molecule has 96 valence electrons. The van der Waals surface area contributed by atoms with E-state index in [1.807, 2.05) is 0 Å². The molecule has 0 fully saturated rings. The highest BCUT2D eigenvalue weighted by Crippen LogP contribution is 2.08. The number of aryl methyl sites for hydroxylation is 1. The number of rotatable bonds is 2. The summed E-state index contributed by atoms with van der Waals surface area (Å²) in [5.41, 5.74) is 1.18. The number of nitrogens with zero attached hydrogens (tertiary/aromatic N) is 2. The fraction of sp³-hybridized carbons (Fsp3) is 0.143. The number of amides is 1. The van der Waals surface area contributed by atoms with Crippen molar-refractivity contribution in [3.8, 4) is 11.8 Å². The Kier molecular flexibility index (Phi) is 3.96. The van der Waals surface area contributed by atoms with Gasteiger partial charge < -0.3 is 10.4 Å². The number of aliphatic hydroxyl groups is 1. The van der Waals surface area contributed by atoms with Crippen LogP contribution >= 0.6 is 0 Å². The highest BCUT2D eigenvalue weighted by molar-refractivity contribution is 6.03. The van der Waals surface area contributed by atoms with Crippen molar-refractivity contribution >= 4 is 11.7 Å². The summed E-state index contributed by atoms with van der Waals surface area (Å²) in [6, 6.07) is 8.60. The van der Waals surface area contributed by atoms with Crippen LogP contribution in [0.25, 0.3) is 0 Å². The smallest absolute Gasteiger partial charge is 0.256 e. The van der Waals surface area contributed by atoms with Crippen molar-refractivity contribution in [2.45, 2.75) is 0 Å². The largest absolute Gasteiger partial charge is 0.384 e. The standard InChI is InChI=1S/C14H13N3O2/c1-17-8-7-13(16-17)15-14(19)12-6-2-4-11(10-12)5-3-9-18/h2,4,6-8,10,18H,9H2,1H3,(H,15,16,19). The number of benzene rings is 1. The number of carbonyl (C=O) groups is 1. The predicted molar refractivity (Wildman–Crippen MR) is 71.6 cm³/mol. The molecule has 0 aliphatic heterocycles. The third kappa shape index (κ3) is 3.44. The lowest BCUT2D eigenvalue weighted by Gasteiger charge is -2.02. The molecule has 2 rings (SSSR count). The molecular formula is C14H13N3O2. The first-order valence-corrected chi connectivity index (χ1v) is 5.70. The number of carbonyl (C=O) groups excluding carboxylic acids is 1. The summed E-state index contributed by atoms with van der Waals surface area (Å²) in [7, 11) is 1.78. The molecule has 5 nitrogen and oxygen atoms in total. The Morgan fingerprint density at radius 1 is 1.47 bits per heavy atom. The molecule has 0 bridgehead atoms. The van der Waals surface area contributed by atoms with Gasteiger partial charge >= 0.3 is 0 Å². The molecule has 0 spiro atoms. The minimum Gasteiger partial charge on any atom is -0.384 e. The Morgan fingerprint density at radius 3 is 3.00 bits per heavy atom. The molecule has 1 aromatic carbocycles. The van der Waals surface area contributed by atoms with E-state index in [4.69, 9.17) is 5.11 Å². The van der Waals surface area contributed by atoms with Crippen LogP contribution in [0.1, 0.15) is 15.9 Å². The normalized spacial score (nSPS) is 9.58. The van der Waals surface area contributed by atoms with Gasteiger partial charge in [0.15, 0.2) is 5.82 Å². The second-order valence-electron chi connectivity index (χ2n) is 3.87. The SMILES string of the molecule is Cn1ccc(NC(=O)c2cccc(C#CCO)c2)n1. The summed E-state index contributed by atoms with van der Waals surface area (Å²) in [5, 5.41) is 15.4. The van der Waals surface area contributed by atoms with Crippen LogP contribution in [0.3, 0.4) is 0 Å². The molecule has 5 heteroatoms. The van der Waals surface area contributed by atoms with Crippen molar-refractivity contribution in [3.05, 3.63) is 47.7 Å². The lowest BCUT2D eigenvalue weighted by atomic mass is 10.1. The third-order valence-corrected chi connectivity index (χ3v) is 2.39. The van der Waals surface area contributed by atoms with E-state index in [1.165, 1.54) is 0 Å². The first-order valence-electron chi connectivity index (χ1n) is 5.70. The highest BCUT2D eigenvalue weighted by atomic mass is 16.2. The van der Waals surface area contributed by atoms with E-state index >= 15 is 0 Å². The Balaban J connectivity index is 2.15. The molecule has 1 amide bonds. The van der Waals surface area contributed by atoms with Gasteiger partial charge in [-0.2, -0.15) is 5.10 Å². The van der Waals surface area contributed by atoms with E-state index in [9.17, 15) is 4.79 Å². The van der Waals surface area contributed by atoms with Crippen molar-refractivity contribution in [2.24, 2.45) is 7.05 Å². The van der Waals surface area contributed by atoms with Crippen molar-refractivity contribution in [1.29, 1.82) is 0 Å². The highest BCUT2D eigenvalue weighted by Gasteiger charge is 2.07. The van der Waals surface area contributed by atoms with Crippen LogP contribution in [-0.4, -0.2) is 27.4 Å². The lowest BCUT2D eigenvalue weighted by molar-refractivity contribution is 0.102. The van der Waals surface area contributed by atoms with E-state index in [-0.39, 0.29) is 12.5 Å². The summed E-state index contributed by atoms with van der Waals surface area (Å²) >= 11 is 0. The predicted octanol–water partition coefficient (Wildman–Crippen LogP) is 1.02. The summed E-state index contributed by atoms with van der Waals surface area (Å²) in [6.45, 7) is -0.204. The molecule has 19 heavy (non-hydrogen) atoms. The molecule has 0 atom stereocenters. The zero-order valence-corrected chi connectivity index (χ0v) is 10.4. The molecule has 0 saturated heterocycles. The molecule has 0 unspecified atom stereocenters. The van der Waals surface area contributed by atoms with Gasteiger partial charge in [-0.3, -0.25) is 9.48 Å². The Labute approximate surface area is 110 Å². The molecule has 2 aromatic rings. The van der Waals surface area contributed by atoms with Crippen LogP contribution in [-0.2, 0) is 7.05 Å². The second-order valence-corrected chi connectivity index (χ2v) is 3.87. The minimum atomic E-state index is -0.244. The molecule has 2 N–H and O–H groups in total. The van der Waals surface area contributed by atoms with Crippen molar-refractivity contribution < 1.29 is 9.90 Å². The van der Waals surface area contributed by atoms with Gasteiger partial charge in [0.2, 0.25) is 0 Å². The van der Waals surface area contributed by atoms with Gasteiger partial charge in [-0.1, -0.05) is 17.9 Å². The first kappa shape index (κ1) is 12.9. The second kappa shape index (κ2) is 5.85. The summed E-state index contributed by atoms with van der Waals surface area (Å²) in [5.74, 6) is 5.55. The van der Waals surface area contributed by atoms with Gasteiger partial charge in [0, 0.05) is 30.4 Å². The maximum atomic E-state index is 12.0. The van der Waals surface area contributed by atoms with Crippen molar-refractivity contribution in [2.75, 3.05) is 11.9 Å². The number of nitrogens with one attached hydrogen (secondary N) is 1. The number of hydrogen-bond donors (Lipinski definition) is 2. The Bertz CT molecular complexity index is 650. The molecule has 0 saturated carbocycles. The fourth-order valence-corrected chi connectivity index (χ4v) is 1.55. The van der Waals surface area contributed by atoms with Gasteiger partial charge in [-0.15, -0.1) is 0 Å². The zero-order chi connectivity index (χ0) is 13.7. The van der Waals surface area contributed by atoms with Gasteiger partial charge in [0.1, 0.15) is 6.61 Å². The third-order valence-electron chi connectivity index (χ3n) is 2.39. The Hall–Kier alpha value is -2.58. The topological polar surface area (TPSA) is 67.2 Å². The molecule has 1 aromatic heterocycles. The van der Waals surface area contributed by atoms with Crippen LogP contribution in [0, 0.1) is 11.8 Å². The summed E-state index contributed by atoms with van der Waals surface area (Å²) < 4.78 is 1.61. The van der Waals surface area contributed by atoms with Crippen LogP contribution < -0.4 is 5.32 Å². The monoisotopic (exact) mass is 255 g/mol. The Morgan fingerprint density at radius 2 is 2.32 bits per heavy atom. The van der Waals surface area contributed by atoms with Crippen LogP contribution in [0.15, 0.2) is 36.5 Å². The van der Waals surface area contributed by atoms with Crippen LogP contribution in [0.4, 0.5) is 5.82 Å². The van der Waals surface area contributed by atoms with Gasteiger partial charge in [-0.05, 0) is 18.2 Å². The quantitative estimate of drug-likeness (QED) is 0.787. The van der Waals surface area contributed by atoms with Crippen LogP contribution in [0.2, 0.25) is 0 Å². The van der Waals surface area contributed by atoms with E-state index in [2.05, 4.69) is 22.3 Å². The van der Waals surface area contributed by atoms with Gasteiger partial charge in [-0.25, -0.2) is 0 Å². The molecule has 0 radical (unpaired) electrons. The lowest BCUT2D eigenvalue weighted by Crippen LogP contribution is -2.12. The molecule has 1 heterocycles. The van der Waals surface area contributed by atoms with E-state index < -0.39 is 0 Å². The number of anilines is 1. The maximum absolute atomic E-state index is 12.0. The zero-order valence-electron chi connectivity index (χ0n) is 10.4. The number of aromatic nitrogens is 2. The summed E-state index contributed by atoms with van der Waals surface area (Å²) in [4.78, 5) is 12.0. The minimum absolute atomic E-state index is 0.204. The van der Waals surface area contributed by atoms with Gasteiger partial charge in [0.05, 0.1) is 0 Å². The molecular weight excluding hydrogens is 242 g/mol. The number of aliphatic hydroxyl groups excluding tert-OH is 1. The van der Waals surface area contributed by atoms with Crippen LogP contribution in [0.5, 0.6) is 0 Å². The summed E-state index contributed by atoms with van der Waals surface area (Å²) in [6.07, 6.45) is 1.75. The molecule has 0 aliphatic carbocycles. The average Bonchev–Trinajstić information content (AvgIpc) is 2.82. The fourth-order valence-electron chi connectivity index (χ4n) is 1.55. The van der Waals surface area contributed by atoms with E-state index in [1.54, 1.807) is 48.3 Å². The molecule has 0 aliphatic rings. The van der Waals surface area contributed by atoms with E-state index in [0.717, 1.165) is 0 Å². The first-order chi connectivity index (χ1) is 9.19.